The third-order valence-electron chi connectivity index (χ3n) is 5.29. The Hall–Kier alpha value is -3.62. The summed E-state index contributed by atoms with van der Waals surface area (Å²) in [5.74, 6) is 2.89. The molecule has 2 aromatic heterocycles. The van der Waals surface area contributed by atoms with Crippen LogP contribution in [-0.4, -0.2) is 72.4 Å². The summed E-state index contributed by atoms with van der Waals surface area (Å²) < 4.78 is 10.9. The van der Waals surface area contributed by atoms with E-state index in [1.807, 2.05) is 36.4 Å². The van der Waals surface area contributed by atoms with E-state index < -0.39 is 0 Å². The molecule has 9 heteroatoms. The van der Waals surface area contributed by atoms with Crippen LogP contribution >= 0.6 is 0 Å². The number of aromatic nitrogens is 3. The molecule has 0 aliphatic carbocycles. The van der Waals surface area contributed by atoms with Crippen molar-refractivity contribution in [2.45, 2.75) is 13.3 Å². The van der Waals surface area contributed by atoms with Gasteiger partial charge in [-0.1, -0.05) is 23.4 Å². The predicted octanol–water partition coefficient (Wildman–Crippen LogP) is 2.47. The summed E-state index contributed by atoms with van der Waals surface area (Å²) in [5.41, 5.74) is 1.81. The molecule has 32 heavy (non-hydrogen) atoms. The van der Waals surface area contributed by atoms with Gasteiger partial charge in [-0.3, -0.25) is 9.98 Å². The molecule has 1 aromatic carbocycles. The number of methoxy groups -OCH3 is 1. The lowest BCUT2D eigenvalue weighted by Crippen LogP contribution is -2.52. The molecule has 0 saturated carbocycles. The standard InChI is InChI=1S/C23H29N7O2/c1-3-24-23(26-13-11-21-27-22(32-28-21)18-8-6-7-12-25-18)30-16-14-29(15-17-30)19-9-4-5-10-20(19)31-2/h4-10,12H,3,11,13-17H2,1-2H3,(H,24,26). The Labute approximate surface area is 188 Å². The molecule has 0 atom stereocenters. The number of aliphatic imine (C=N–C) groups is 1. The van der Waals surface area contributed by atoms with Crippen molar-refractivity contribution in [3.63, 3.8) is 0 Å². The zero-order valence-corrected chi connectivity index (χ0v) is 18.6. The van der Waals surface area contributed by atoms with Gasteiger partial charge in [-0.25, -0.2) is 0 Å². The van der Waals surface area contributed by atoms with Crippen molar-refractivity contribution in [2.24, 2.45) is 4.99 Å². The van der Waals surface area contributed by atoms with Gasteiger partial charge < -0.3 is 24.4 Å². The summed E-state index contributed by atoms with van der Waals surface area (Å²) in [7, 11) is 1.72. The molecule has 0 unspecified atom stereocenters. The summed E-state index contributed by atoms with van der Waals surface area (Å²) >= 11 is 0. The van der Waals surface area contributed by atoms with Crippen molar-refractivity contribution in [3.05, 3.63) is 54.5 Å². The highest BCUT2D eigenvalue weighted by Crippen LogP contribution is 2.28. The van der Waals surface area contributed by atoms with Crippen LogP contribution in [0.4, 0.5) is 5.69 Å². The molecule has 1 aliphatic rings. The minimum atomic E-state index is 0.434. The Bertz CT molecular complexity index is 1010. The van der Waals surface area contributed by atoms with Gasteiger partial charge in [0.1, 0.15) is 11.4 Å². The van der Waals surface area contributed by atoms with Gasteiger partial charge in [0.2, 0.25) is 0 Å². The Balaban J connectivity index is 1.34. The topological polar surface area (TPSA) is 91.9 Å². The number of nitrogens with zero attached hydrogens (tertiary/aromatic N) is 6. The monoisotopic (exact) mass is 435 g/mol. The number of anilines is 1. The molecule has 0 radical (unpaired) electrons. The molecule has 1 N–H and O–H groups in total. The van der Waals surface area contributed by atoms with E-state index in [9.17, 15) is 0 Å². The first-order valence-corrected chi connectivity index (χ1v) is 10.9. The maximum absolute atomic E-state index is 5.52. The van der Waals surface area contributed by atoms with E-state index in [4.69, 9.17) is 14.3 Å². The molecule has 1 aliphatic heterocycles. The van der Waals surface area contributed by atoms with E-state index in [0.29, 0.717) is 30.4 Å². The fourth-order valence-corrected chi connectivity index (χ4v) is 3.69. The van der Waals surface area contributed by atoms with Crippen LogP contribution in [0.15, 0.2) is 58.2 Å². The lowest BCUT2D eigenvalue weighted by molar-refractivity contribution is 0.367. The molecule has 0 bridgehead atoms. The minimum Gasteiger partial charge on any atom is -0.495 e. The highest BCUT2D eigenvalue weighted by atomic mass is 16.5. The van der Waals surface area contributed by atoms with Crippen molar-refractivity contribution in [3.8, 4) is 17.3 Å². The van der Waals surface area contributed by atoms with Crippen LogP contribution in [0.1, 0.15) is 12.7 Å². The Kier molecular flexibility index (Phi) is 7.16. The summed E-state index contributed by atoms with van der Waals surface area (Å²) in [4.78, 5) is 18.1. The van der Waals surface area contributed by atoms with Gasteiger partial charge in [-0.05, 0) is 31.2 Å². The van der Waals surface area contributed by atoms with Crippen molar-refractivity contribution >= 4 is 11.6 Å². The molecule has 0 spiro atoms. The highest BCUT2D eigenvalue weighted by molar-refractivity contribution is 5.80. The van der Waals surface area contributed by atoms with Crippen molar-refractivity contribution in [1.29, 1.82) is 0 Å². The van der Waals surface area contributed by atoms with Crippen molar-refractivity contribution < 1.29 is 9.26 Å². The summed E-state index contributed by atoms with van der Waals surface area (Å²) in [6.07, 6.45) is 2.31. The number of hydrogen-bond acceptors (Lipinski definition) is 7. The van der Waals surface area contributed by atoms with E-state index in [-0.39, 0.29) is 0 Å². The van der Waals surface area contributed by atoms with Gasteiger partial charge in [-0.15, -0.1) is 0 Å². The van der Waals surface area contributed by atoms with Gasteiger partial charge >= 0.3 is 0 Å². The van der Waals surface area contributed by atoms with Crippen LogP contribution < -0.4 is 15.0 Å². The first-order valence-electron chi connectivity index (χ1n) is 10.9. The van der Waals surface area contributed by atoms with Crippen LogP contribution in [0.3, 0.4) is 0 Å². The average Bonchev–Trinajstić information content (AvgIpc) is 3.33. The average molecular weight is 436 g/mol. The summed E-state index contributed by atoms with van der Waals surface area (Å²) in [6.45, 7) is 7.06. The lowest BCUT2D eigenvalue weighted by Gasteiger charge is -2.38. The van der Waals surface area contributed by atoms with Crippen LogP contribution in [0.2, 0.25) is 0 Å². The number of rotatable bonds is 7. The smallest absolute Gasteiger partial charge is 0.276 e. The fraction of sp³-hybridized carbons (Fsp3) is 0.391. The number of para-hydroxylation sites is 2. The van der Waals surface area contributed by atoms with E-state index in [1.54, 1.807) is 13.3 Å². The second-order valence-corrected chi connectivity index (χ2v) is 7.36. The quantitative estimate of drug-likeness (QED) is 0.447. The molecule has 4 rings (SSSR count). The number of ether oxygens (including phenoxy) is 1. The zero-order valence-electron chi connectivity index (χ0n) is 18.6. The van der Waals surface area contributed by atoms with Gasteiger partial charge in [0.05, 0.1) is 12.8 Å². The fourth-order valence-electron chi connectivity index (χ4n) is 3.69. The van der Waals surface area contributed by atoms with E-state index in [2.05, 4.69) is 43.2 Å². The van der Waals surface area contributed by atoms with E-state index in [1.165, 1.54) is 0 Å². The third-order valence-corrected chi connectivity index (χ3v) is 5.29. The van der Waals surface area contributed by atoms with Crippen LogP contribution in [-0.2, 0) is 6.42 Å². The van der Waals surface area contributed by atoms with E-state index in [0.717, 1.165) is 50.1 Å². The number of benzene rings is 1. The predicted molar refractivity (Wildman–Crippen MR) is 124 cm³/mol. The van der Waals surface area contributed by atoms with Gasteiger partial charge in [0.15, 0.2) is 11.8 Å². The second-order valence-electron chi connectivity index (χ2n) is 7.36. The first-order chi connectivity index (χ1) is 15.8. The molecule has 0 amide bonds. The van der Waals surface area contributed by atoms with E-state index >= 15 is 0 Å². The number of guanidine groups is 1. The highest BCUT2D eigenvalue weighted by Gasteiger charge is 2.21. The van der Waals surface area contributed by atoms with Crippen LogP contribution in [0.5, 0.6) is 5.75 Å². The van der Waals surface area contributed by atoms with Crippen LogP contribution in [0.25, 0.3) is 11.6 Å². The van der Waals surface area contributed by atoms with Crippen molar-refractivity contribution in [1.82, 2.24) is 25.3 Å². The Morgan fingerprint density at radius 2 is 1.94 bits per heavy atom. The Morgan fingerprint density at radius 3 is 2.69 bits per heavy atom. The number of pyridine rings is 1. The largest absolute Gasteiger partial charge is 0.495 e. The maximum Gasteiger partial charge on any atom is 0.276 e. The SMILES string of the molecule is CCNC(=NCCc1noc(-c2ccccn2)n1)N1CCN(c2ccccc2OC)CC1. The summed E-state index contributed by atoms with van der Waals surface area (Å²) in [6, 6.07) is 13.8. The van der Waals surface area contributed by atoms with Crippen LogP contribution in [0, 0.1) is 0 Å². The molecular weight excluding hydrogens is 406 g/mol. The van der Waals surface area contributed by atoms with Gasteiger partial charge in [0, 0.05) is 51.9 Å². The summed E-state index contributed by atoms with van der Waals surface area (Å²) in [5, 5.41) is 7.47. The normalized spacial score (nSPS) is 14.5. The molecule has 1 saturated heterocycles. The molecular formula is C23H29N7O2. The number of hydrogen-bond donors (Lipinski definition) is 1. The number of nitrogens with one attached hydrogen (secondary N) is 1. The van der Waals surface area contributed by atoms with Gasteiger partial charge in [0.25, 0.3) is 5.89 Å². The molecule has 3 heterocycles. The first kappa shape index (κ1) is 21.6. The molecule has 9 nitrogen and oxygen atoms in total. The Morgan fingerprint density at radius 1 is 1.12 bits per heavy atom. The molecule has 1 fully saturated rings. The third kappa shape index (κ3) is 5.16. The second kappa shape index (κ2) is 10.6. The zero-order chi connectivity index (χ0) is 22.2. The minimum absolute atomic E-state index is 0.434. The van der Waals surface area contributed by atoms with Crippen molar-refractivity contribution in [2.75, 3.05) is 51.3 Å². The van der Waals surface area contributed by atoms with Gasteiger partial charge in [-0.2, -0.15) is 4.98 Å². The number of piperazine rings is 1. The maximum atomic E-state index is 5.52. The lowest BCUT2D eigenvalue weighted by atomic mass is 10.2. The molecule has 3 aromatic rings. The molecule has 168 valence electrons.